The Morgan fingerprint density at radius 2 is 1.77 bits per heavy atom. The first kappa shape index (κ1) is 31.3. The Balaban J connectivity index is 1.63. The van der Waals surface area contributed by atoms with Crippen LogP contribution in [0.1, 0.15) is 43.5 Å². The quantitative estimate of drug-likeness (QED) is 0.173. The van der Waals surface area contributed by atoms with E-state index in [0.29, 0.717) is 55.9 Å². The van der Waals surface area contributed by atoms with Gasteiger partial charge in [-0.1, -0.05) is 63.1 Å². The number of carbonyl (C=O) groups is 1. The fraction of sp³-hybridized carbons (Fsp3) is 0.219. The minimum absolute atomic E-state index is 0.201. The molecule has 1 aromatic heterocycles. The van der Waals surface area contributed by atoms with Crippen molar-refractivity contribution in [3.63, 3.8) is 0 Å². The summed E-state index contributed by atoms with van der Waals surface area (Å²) < 4.78 is 20.8. The molecule has 0 unspecified atom stereocenters. The van der Waals surface area contributed by atoms with Crippen molar-refractivity contribution < 1.29 is 19.0 Å². The molecule has 11 heteroatoms. The number of allylic oxidation sites excluding steroid dienone is 1. The number of hydrogen-bond donors (Lipinski definition) is 0. The third-order valence-electron chi connectivity index (χ3n) is 6.64. The number of aromatic nitrogens is 1. The maximum Gasteiger partial charge on any atom is 0.338 e. The number of halogens is 3. The highest BCUT2D eigenvalue weighted by atomic mass is 79.9. The number of carbonyl (C=O) groups excluding carboxylic acids is 1. The second-order valence-corrected chi connectivity index (χ2v) is 12.7. The summed E-state index contributed by atoms with van der Waals surface area (Å²) in [6, 6.07) is 17.9. The number of nitrogens with zero attached hydrogens (tertiary/aromatic N) is 2. The first-order chi connectivity index (χ1) is 20.7. The molecule has 4 aromatic rings. The molecule has 0 aliphatic carbocycles. The predicted molar refractivity (Wildman–Crippen MR) is 176 cm³/mol. The average Bonchev–Trinajstić information content (AvgIpc) is 3.27. The van der Waals surface area contributed by atoms with E-state index in [2.05, 4.69) is 36.9 Å². The maximum absolute atomic E-state index is 14.1. The van der Waals surface area contributed by atoms with Gasteiger partial charge in [0, 0.05) is 15.1 Å². The molecule has 1 atom stereocenters. The highest BCUT2D eigenvalue weighted by Gasteiger charge is 2.33. The zero-order valence-corrected chi connectivity index (χ0v) is 28.3. The van der Waals surface area contributed by atoms with Crippen molar-refractivity contribution in [1.82, 2.24) is 4.57 Å². The van der Waals surface area contributed by atoms with Crippen molar-refractivity contribution >= 4 is 66.8 Å². The minimum atomic E-state index is -0.719. The molecule has 0 radical (unpaired) electrons. The van der Waals surface area contributed by atoms with Gasteiger partial charge >= 0.3 is 5.97 Å². The van der Waals surface area contributed by atoms with E-state index in [0.717, 1.165) is 20.1 Å². The van der Waals surface area contributed by atoms with Crippen molar-refractivity contribution in [3.05, 3.63) is 122 Å². The van der Waals surface area contributed by atoms with Gasteiger partial charge in [0.05, 0.1) is 39.5 Å². The zero-order chi connectivity index (χ0) is 30.7. The number of benzene rings is 3. The largest absolute Gasteiger partial charge is 0.494 e. The topological polar surface area (TPSA) is 79.1 Å². The van der Waals surface area contributed by atoms with Crippen LogP contribution in [0.2, 0.25) is 5.02 Å². The molecule has 0 saturated heterocycles. The van der Waals surface area contributed by atoms with Crippen LogP contribution in [-0.4, -0.2) is 23.8 Å². The molecule has 0 N–H and O–H groups in total. The number of hydrogen-bond acceptors (Lipinski definition) is 7. The van der Waals surface area contributed by atoms with Crippen molar-refractivity contribution in [1.29, 1.82) is 0 Å². The molecule has 43 heavy (non-hydrogen) atoms. The van der Waals surface area contributed by atoms with Crippen LogP contribution in [-0.2, 0) is 16.1 Å². The summed E-state index contributed by atoms with van der Waals surface area (Å²) in [5.74, 6) is 0.768. The first-order valence-electron chi connectivity index (χ1n) is 13.5. The molecule has 5 rings (SSSR count). The summed E-state index contributed by atoms with van der Waals surface area (Å²) in [5.41, 5.74) is 2.92. The van der Waals surface area contributed by atoms with Gasteiger partial charge in [-0.25, -0.2) is 9.79 Å². The lowest BCUT2D eigenvalue weighted by molar-refractivity contribution is -0.139. The molecule has 0 amide bonds. The van der Waals surface area contributed by atoms with Crippen molar-refractivity contribution in [2.24, 2.45) is 4.99 Å². The summed E-state index contributed by atoms with van der Waals surface area (Å²) in [7, 11) is 0. The Hall–Kier alpha value is -3.18. The SMILES string of the molecule is CCOC(=O)C1=C(C)N=c2s/c(=C\c3cc(Br)cc(Br)c3OCc3ccc(Cl)cc3)c(=O)n2[C@@H]1c1ccc(OCC)cc1. The zero-order valence-electron chi connectivity index (χ0n) is 23.5. The molecule has 0 spiro atoms. The minimum Gasteiger partial charge on any atom is -0.494 e. The van der Waals surface area contributed by atoms with Crippen LogP contribution in [0.25, 0.3) is 6.08 Å². The Kier molecular flexibility index (Phi) is 9.91. The summed E-state index contributed by atoms with van der Waals surface area (Å²) >= 11 is 14.5. The smallest absolute Gasteiger partial charge is 0.338 e. The van der Waals surface area contributed by atoms with Crippen LogP contribution in [0.4, 0.5) is 0 Å². The van der Waals surface area contributed by atoms with E-state index in [4.69, 9.17) is 25.8 Å². The molecular formula is C32H27Br2ClN2O5S. The van der Waals surface area contributed by atoms with Crippen LogP contribution >= 0.6 is 54.8 Å². The lowest BCUT2D eigenvalue weighted by atomic mass is 9.96. The van der Waals surface area contributed by atoms with E-state index in [-0.39, 0.29) is 12.2 Å². The number of thiazole rings is 1. The van der Waals surface area contributed by atoms with Crippen LogP contribution < -0.4 is 24.4 Å². The van der Waals surface area contributed by atoms with Gasteiger partial charge in [-0.2, -0.15) is 0 Å². The highest BCUT2D eigenvalue weighted by Crippen LogP contribution is 2.35. The second kappa shape index (κ2) is 13.6. The van der Waals surface area contributed by atoms with Gasteiger partial charge in [-0.05, 0) is 90.3 Å². The van der Waals surface area contributed by atoms with E-state index in [9.17, 15) is 9.59 Å². The van der Waals surface area contributed by atoms with Crippen molar-refractivity contribution in [2.45, 2.75) is 33.4 Å². The van der Waals surface area contributed by atoms with E-state index in [1.165, 1.54) is 11.3 Å². The number of rotatable bonds is 9. The van der Waals surface area contributed by atoms with Crippen LogP contribution in [0.3, 0.4) is 0 Å². The summed E-state index contributed by atoms with van der Waals surface area (Å²) in [4.78, 5) is 32.4. The molecule has 222 valence electrons. The van der Waals surface area contributed by atoms with Crippen LogP contribution in [0.15, 0.2) is 90.7 Å². The summed E-state index contributed by atoms with van der Waals surface area (Å²) in [6.07, 6.45) is 1.79. The lowest BCUT2D eigenvalue weighted by Crippen LogP contribution is -2.39. The van der Waals surface area contributed by atoms with Gasteiger partial charge in [0.25, 0.3) is 5.56 Å². The predicted octanol–water partition coefficient (Wildman–Crippen LogP) is 6.95. The van der Waals surface area contributed by atoms with Crippen molar-refractivity contribution in [3.8, 4) is 11.5 Å². The lowest BCUT2D eigenvalue weighted by Gasteiger charge is -2.24. The molecule has 7 nitrogen and oxygen atoms in total. The fourth-order valence-corrected chi connectivity index (χ4v) is 7.27. The summed E-state index contributed by atoms with van der Waals surface area (Å²) in [6.45, 7) is 6.45. The van der Waals surface area contributed by atoms with E-state index >= 15 is 0 Å². The Labute approximate surface area is 274 Å². The number of esters is 1. The van der Waals surface area contributed by atoms with Crippen LogP contribution in [0.5, 0.6) is 11.5 Å². The normalized spacial score (nSPS) is 14.7. The summed E-state index contributed by atoms with van der Waals surface area (Å²) in [5, 5.41) is 0.648. The van der Waals surface area contributed by atoms with Crippen molar-refractivity contribution in [2.75, 3.05) is 13.2 Å². The number of ether oxygens (including phenoxy) is 3. The second-order valence-electron chi connectivity index (χ2n) is 9.53. The highest BCUT2D eigenvalue weighted by molar-refractivity contribution is 9.11. The fourth-order valence-electron chi connectivity index (χ4n) is 4.74. The third-order valence-corrected chi connectivity index (χ3v) is 8.93. The first-order valence-corrected chi connectivity index (χ1v) is 16.3. The van der Waals surface area contributed by atoms with Gasteiger partial charge in [0.1, 0.15) is 18.1 Å². The molecule has 0 bridgehead atoms. The molecule has 0 fully saturated rings. The molecule has 0 saturated carbocycles. The van der Waals surface area contributed by atoms with E-state index in [1.807, 2.05) is 67.6 Å². The maximum atomic E-state index is 14.1. The van der Waals surface area contributed by atoms with E-state index < -0.39 is 12.0 Å². The molecule has 3 aromatic carbocycles. The van der Waals surface area contributed by atoms with Gasteiger partial charge in [0.2, 0.25) is 0 Å². The average molecular weight is 747 g/mol. The third kappa shape index (κ3) is 6.82. The Bertz CT molecular complexity index is 1880. The number of fused-ring (bicyclic) bond motifs is 1. The monoisotopic (exact) mass is 744 g/mol. The molecular weight excluding hydrogens is 720 g/mol. The Morgan fingerprint density at radius 1 is 1.05 bits per heavy atom. The molecule has 2 heterocycles. The van der Waals surface area contributed by atoms with E-state index in [1.54, 1.807) is 24.5 Å². The van der Waals surface area contributed by atoms with Gasteiger partial charge in [-0.3, -0.25) is 9.36 Å². The molecule has 1 aliphatic heterocycles. The van der Waals surface area contributed by atoms with Gasteiger partial charge in [-0.15, -0.1) is 0 Å². The van der Waals surface area contributed by atoms with Crippen LogP contribution in [0, 0.1) is 0 Å². The van der Waals surface area contributed by atoms with Gasteiger partial charge in [0.15, 0.2) is 4.80 Å². The standard InChI is InChI=1S/C32H27Br2ClN2O5S/c1-4-40-24-12-8-20(9-13-24)28-27(31(39)41-5-2)18(3)36-32-37(28)30(38)26(43-32)15-21-14-22(33)16-25(34)29(21)42-17-19-6-10-23(35)11-7-19/h6-16,28H,4-5,17H2,1-3H3/b26-15-/t28-/m1/s1. The Morgan fingerprint density at radius 3 is 2.44 bits per heavy atom. The molecule has 1 aliphatic rings. The van der Waals surface area contributed by atoms with Gasteiger partial charge < -0.3 is 14.2 Å².